The first-order valence-electron chi connectivity index (χ1n) is 11.1. The molecule has 3 aromatic carbocycles. The SMILES string of the molecule is Cl.Nn1c2c(c3cc(NC(=O)c4ccc(F)cc4)ccc31)CC(CCc1ccccc1)CC2. The van der Waals surface area contributed by atoms with E-state index in [1.165, 1.54) is 41.1 Å². The van der Waals surface area contributed by atoms with Crippen molar-refractivity contribution in [3.8, 4) is 0 Å². The van der Waals surface area contributed by atoms with Crippen molar-refractivity contribution in [3.63, 3.8) is 0 Å². The average molecular weight is 464 g/mol. The maximum Gasteiger partial charge on any atom is 0.255 e. The Balaban J connectivity index is 0.00000259. The third-order valence-corrected chi connectivity index (χ3v) is 6.55. The van der Waals surface area contributed by atoms with E-state index in [0.717, 1.165) is 43.0 Å². The molecule has 4 aromatic rings. The molecule has 0 saturated carbocycles. The second-order valence-electron chi connectivity index (χ2n) is 8.62. The largest absolute Gasteiger partial charge is 0.339 e. The van der Waals surface area contributed by atoms with Gasteiger partial charge in [-0.25, -0.2) is 4.39 Å². The topological polar surface area (TPSA) is 60.0 Å². The molecule has 0 saturated heterocycles. The van der Waals surface area contributed by atoms with Crippen molar-refractivity contribution in [1.29, 1.82) is 0 Å². The summed E-state index contributed by atoms with van der Waals surface area (Å²) in [4.78, 5) is 12.6. The lowest BCUT2D eigenvalue weighted by molar-refractivity contribution is 0.102. The Kier molecular flexibility index (Phi) is 6.70. The fourth-order valence-electron chi connectivity index (χ4n) is 4.81. The van der Waals surface area contributed by atoms with Crippen LogP contribution in [0.15, 0.2) is 72.8 Å². The molecule has 0 radical (unpaired) electrons. The molecule has 1 aromatic heterocycles. The number of amides is 1. The Morgan fingerprint density at radius 3 is 2.58 bits per heavy atom. The normalized spacial score (nSPS) is 15.0. The molecule has 1 heterocycles. The zero-order valence-electron chi connectivity index (χ0n) is 18.3. The molecule has 33 heavy (non-hydrogen) atoms. The molecule has 5 rings (SSSR count). The zero-order chi connectivity index (χ0) is 22.1. The molecule has 1 atom stereocenters. The summed E-state index contributed by atoms with van der Waals surface area (Å²) in [6.07, 6.45) is 5.35. The van der Waals surface area contributed by atoms with Crippen LogP contribution in [0.3, 0.4) is 0 Å². The van der Waals surface area contributed by atoms with Gasteiger partial charge in [-0.15, -0.1) is 12.4 Å². The summed E-state index contributed by atoms with van der Waals surface area (Å²) in [5.74, 6) is 6.42. The smallest absolute Gasteiger partial charge is 0.255 e. The maximum atomic E-state index is 13.2. The quantitative estimate of drug-likeness (QED) is 0.362. The third kappa shape index (κ3) is 4.74. The van der Waals surface area contributed by atoms with Gasteiger partial charge in [0.2, 0.25) is 0 Å². The van der Waals surface area contributed by atoms with Crippen molar-refractivity contribution in [1.82, 2.24) is 4.68 Å². The Morgan fingerprint density at radius 1 is 1.06 bits per heavy atom. The zero-order valence-corrected chi connectivity index (χ0v) is 19.1. The van der Waals surface area contributed by atoms with Gasteiger partial charge < -0.3 is 11.2 Å². The molecule has 1 unspecified atom stereocenters. The summed E-state index contributed by atoms with van der Waals surface area (Å²) in [6, 6.07) is 22.0. The van der Waals surface area contributed by atoms with Gasteiger partial charge in [-0.1, -0.05) is 30.3 Å². The van der Waals surface area contributed by atoms with Crippen LogP contribution in [-0.2, 0) is 19.3 Å². The number of aryl methyl sites for hydroxylation is 1. The highest BCUT2D eigenvalue weighted by Gasteiger charge is 2.25. The van der Waals surface area contributed by atoms with E-state index in [2.05, 4.69) is 35.6 Å². The number of fused-ring (bicyclic) bond motifs is 3. The predicted octanol–water partition coefficient (Wildman–Crippen LogP) is 5.91. The predicted molar refractivity (Wildman–Crippen MR) is 134 cm³/mol. The van der Waals surface area contributed by atoms with Crippen molar-refractivity contribution in [2.75, 3.05) is 11.2 Å². The Bertz CT molecular complexity index is 1270. The molecule has 0 spiro atoms. The van der Waals surface area contributed by atoms with Crippen molar-refractivity contribution >= 4 is 34.9 Å². The Morgan fingerprint density at radius 2 is 1.82 bits per heavy atom. The Hall–Kier alpha value is -3.31. The molecule has 0 aliphatic heterocycles. The number of hydrogen-bond donors (Lipinski definition) is 2. The molecule has 6 heteroatoms. The van der Waals surface area contributed by atoms with Crippen LogP contribution in [0.25, 0.3) is 10.9 Å². The summed E-state index contributed by atoms with van der Waals surface area (Å²) in [7, 11) is 0. The van der Waals surface area contributed by atoms with Crippen LogP contribution in [-0.4, -0.2) is 10.6 Å². The van der Waals surface area contributed by atoms with Crippen molar-refractivity contribution in [2.45, 2.75) is 32.1 Å². The molecule has 170 valence electrons. The van der Waals surface area contributed by atoms with E-state index in [1.54, 1.807) is 0 Å². The molecule has 1 amide bonds. The number of anilines is 1. The first-order valence-corrected chi connectivity index (χ1v) is 11.1. The molecule has 4 nitrogen and oxygen atoms in total. The third-order valence-electron chi connectivity index (χ3n) is 6.55. The first kappa shape index (κ1) is 22.9. The van der Waals surface area contributed by atoms with Gasteiger partial charge >= 0.3 is 0 Å². The number of hydrogen-bond acceptors (Lipinski definition) is 2. The highest BCUT2D eigenvalue weighted by atomic mass is 35.5. The van der Waals surface area contributed by atoms with Gasteiger partial charge in [-0.2, -0.15) is 0 Å². The van der Waals surface area contributed by atoms with Crippen molar-refractivity contribution < 1.29 is 9.18 Å². The number of nitrogen functional groups attached to an aromatic ring is 1. The van der Waals surface area contributed by atoms with Gasteiger partial charge in [0, 0.05) is 22.3 Å². The lowest BCUT2D eigenvalue weighted by Gasteiger charge is -2.23. The van der Waals surface area contributed by atoms with Gasteiger partial charge in [-0.3, -0.25) is 9.47 Å². The Labute approximate surface area is 199 Å². The van der Waals surface area contributed by atoms with Crippen molar-refractivity contribution in [2.24, 2.45) is 5.92 Å². The summed E-state index contributed by atoms with van der Waals surface area (Å²) < 4.78 is 15.0. The summed E-state index contributed by atoms with van der Waals surface area (Å²) in [5.41, 5.74) is 5.99. The van der Waals surface area contributed by atoms with Crippen LogP contribution < -0.4 is 11.2 Å². The second kappa shape index (κ2) is 9.67. The number of carbonyl (C=O) groups excluding carboxylic acids is 1. The average Bonchev–Trinajstić information content (AvgIpc) is 3.10. The number of nitrogens with two attached hydrogens (primary N) is 1. The second-order valence-corrected chi connectivity index (χ2v) is 8.62. The van der Waals surface area contributed by atoms with Crippen LogP contribution in [0.2, 0.25) is 0 Å². The number of halogens is 2. The fourth-order valence-corrected chi connectivity index (χ4v) is 4.81. The number of benzene rings is 3. The van der Waals surface area contributed by atoms with E-state index < -0.39 is 0 Å². The molecule has 1 aliphatic carbocycles. The van der Waals surface area contributed by atoms with E-state index in [-0.39, 0.29) is 24.1 Å². The van der Waals surface area contributed by atoms with Crippen LogP contribution >= 0.6 is 12.4 Å². The van der Waals surface area contributed by atoms with Gasteiger partial charge in [0.25, 0.3) is 5.91 Å². The van der Waals surface area contributed by atoms with Gasteiger partial charge in [0.1, 0.15) is 5.82 Å². The monoisotopic (exact) mass is 463 g/mol. The van der Waals surface area contributed by atoms with E-state index in [4.69, 9.17) is 5.84 Å². The number of nitrogens with one attached hydrogen (secondary N) is 1. The van der Waals surface area contributed by atoms with Crippen LogP contribution in [0.5, 0.6) is 0 Å². The van der Waals surface area contributed by atoms with E-state index in [9.17, 15) is 9.18 Å². The van der Waals surface area contributed by atoms with Crippen LogP contribution in [0, 0.1) is 11.7 Å². The highest BCUT2D eigenvalue weighted by Crippen LogP contribution is 2.36. The van der Waals surface area contributed by atoms with Gasteiger partial charge in [-0.05, 0) is 91.6 Å². The first-order chi connectivity index (χ1) is 15.6. The number of rotatable bonds is 5. The molecular formula is C27H27ClFN3O. The minimum atomic E-state index is -0.360. The van der Waals surface area contributed by atoms with Crippen LogP contribution in [0.4, 0.5) is 10.1 Å². The molecule has 3 N–H and O–H groups in total. The molecular weight excluding hydrogens is 437 g/mol. The lowest BCUT2D eigenvalue weighted by Crippen LogP contribution is -2.19. The number of carbonyl (C=O) groups is 1. The summed E-state index contributed by atoms with van der Waals surface area (Å²) >= 11 is 0. The molecule has 0 bridgehead atoms. The van der Waals surface area contributed by atoms with Crippen molar-refractivity contribution in [3.05, 3.63) is 101 Å². The summed E-state index contributed by atoms with van der Waals surface area (Å²) in [5, 5.41) is 4.03. The number of aromatic nitrogens is 1. The van der Waals surface area contributed by atoms with Gasteiger partial charge in [0.05, 0.1) is 5.52 Å². The lowest BCUT2D eigenvalue weighted by atomic mass is 9.83. The van der Waals surface area contributed by atoms with E-state index in [0.29, 0.717) is 17.2 Å². The number of nitrogens with zero attached hydrogens (tertiary/aromatic N) is 1. The molecule has 0 fully saturated rings. The summed E-state index contributed by atoms with van der Waals surface area (Å²) in [6.45, 7) is 0. The van der Waals surface area contributed by atoms with E-state index in [1.807, 2.05) is 22.9 Å². The highest BCUT2D eigenvalue weighted by molar-refractivity contribution is 6.05. The minimum absolute atomic E-state index is 0. The maximum absolute atomic E-state index is 13.2. The van der Waals surface area contributed by atoms with Gasteiger partial charge in [0.15, 0.2) is 0 Å². The minimum Gasteiger partial charge on any atom is -0.339 e. The van der Waals surface area contributed by atoms with Crippen LogP contribution in [0.1, 0.15) is 40.0 Å². The fraction of sp³-hybridized carbons (Fsp3) is 0.222. The molecule has 1 aliphatic rings. The standard InChI is InChI=1S/C27H26FN3O.ClH/c28-21-11-9-20(10-12-21)27(32)30-22-13-15-26-24(17-22)23-16-19(8-14-25(23)31(26)29)7-6-18-4-2-1-3-5-18;/h1-5,9-13,15,17,19H,6-8,14,16,29H2,(H,30,32);1H. The van der Waals surface area contributed by atoms with E-state index >= 15 is 0 Å².